The first-order valence-corrected chi connectivity index (χ1v) is 6.74. The minimum absolute atomic E-state index is 0.0131. The Labute approximate surface area is 105 Å². The van der Waals surface area contributed by atoms with Gasteiger partial charge in [0.1, 0.15) is 0 Å². The summed E-state index contributed by atoms with van der Waals surface area (Å²) >= 11 is 0. The number of rotatable bonds is 2. The minimum Gasteiger partial charge on any atom is -0.336 e. The van der Waals surface area contributed by atoms with Crippen LogP contribution in [0.4, 0.5) is 22.0 Å². The van der Waals surface area contributed by atoms with Gasteiger partial charge in [-0.05, 0) is 12.8 Å². The summed E-state index contributed by atoms with van der Waals surface area (Å²) in [6.45, 7) is -1.13. The van der Waals surface area contributed by atoms with Crippen molar-refractivity contribution in [2.24, 2.45) is 5.14 Å². The molecule has 1 amide bonds. The number of amides is 1. The first-order valence-electron chi connectivity index (χ1n) is 5.13. The lowest BCUT2D eigenvalue weighted by Crippen LogP contribution is -2.56. The van der Waals surface area contributed by atoms with Gasteiger partial charge in [0.2, 0.25) is 10.0 Å². The van der Waals surface area contributed by atoms with Gasteiger partial charge in [-0.3, -0.25) is 4.79 Å². The van der Waals surface area contributed by atoms with Crippen LogP contribution < -0.4 is 5.14 Å². The highest BCUT2D eigenvalue weighted by molar-refractivity contribution is 7.89. The molecule has 2 N–H and O–H groups in total. The topological polar surface area (TPSA) is 80.5 Å². The Hall–Kier alpha value is -0.970. The van der Waals surface area contributed by atoms with Crippen LogP contribution in [-0.2, 0) is 14.8 Å². The molecule has 0 aromatic heterocycles. The summed E-state index contributed by atoms with van der Waals surface area (Å²) in [5.74, 6) is -7.99. The zero-order chi connectivity index (χ0) is 15.1. The number of hydrogen-bond donors (Lipinski definition) is 1. The number of alkyl halides is 5. The third-order valence-corrected chi connectivity index (χ3v) is 4.07. The minimum atomic E-state index is -6.02. The fourth-order valence-electron chi connectivity index (χ4n) is 1.71. The van der Waals surface area contributed by atoms with Gasteiger partial charge in [0.25, 0.3) is 0 Å². The molecule has 0 aromatic carbocycles. The second kappa shape index (κ2) is 4.85. The van der Waals surface area contributed by atoms with Crippen molar-refractivity contribution in [1.82, 2.24) is 4.90 Å². The normalized spacial score (nSPS) is 22.4. The summed E-state index contributed by atoms with van der Waals surface area (Å²) in [6, 6.07) is 0. The Morgan fingerprint density at radius 3 is 2.16 bits per heavy atom. The third kappa shape index (κ3) is 3.32. The molecule has 1 rings (SSSR count). The van der Waals surface area contributed by atoms with Crippen molar-refractivity contribution < 1.29 is 35.2 Å². The van der Waals surface area contributed by atoms with Crippen molar-refractivity contribution in [1.29, 1.82) is 0 Å². The van der Waals surface area contributed by atoms with Crippen LogP contribution >= 0.6 is 0 Å². The molecule has 1 aliphatic heterocycles. The highest BCUT2D eigenvalue weighted by Crippen LogP contribution is 2.37. The van der Waals surface area contributed by atoms with Gasteiger partial charge in [0.15, 0.2) is 0 Å². The van der Waals surface area contributed by atoms with Crippen molar-refractivity contribution in [2.75, 3.05) is 13.1 Å². The quantitative estimate of drug-likeness (QED) is 0.753. The Bertz CT molecular complexity index is 461. The van der Waals surface area contributed by atoms with Gasteiger partial charge in [0, 0.05) is 13.1 Å². The number of piperidine rings is 1. The molecule has 0 bridgehead atoms. The van der Waals surface area contributed by atoms with E-state index in [-0.39, 0.29) is 24.3 Å². The standard InChI is InChI=1S/C8H11F5N2O3S/c9-7(10,8(11,12)13)6(16)15-3-1-2-5(4-15)19(14,17)18/h5H,1-4H2,(H2,14,17,18). The number of likely N-dealkylation sites (tertiary alicyclic amines) is 1. The van der Waals surface area contributed by atoms with E-state index in [1.54, 1.807) is 0 Å². The number of carbonyl (C=O) groups excluding carboxylic acids is 1. The molecule has 1 heterocycles. The van der Waals surface area contributed by atoms with Crippen molar-refractivity contribution in [3.63, 3.8) is 0 Å². The highest BCUT2D eigenvalue weighted by atomic mass is 32.2. The number of nitrogens with zero attached hydrogens (tertiary/aromatic N) is 1. The molecule has 0 spiro atoms. The molecule has 0 aliphatic carbocycles. The van der Waals surface area contributed by atoms with Gasteiger partial charge in [-0.25, -0.2) is 13.6 Å². The number of nitrogens with two attached hydrogens (primary N) is 1. The van der Waals surface area contributed by atoms with Crippen molar-refractivity contribution in [3.8, 4) is 0 Å². The first-order chi connectivity index (χ1) is 8.37. The molecule has 0 radical (unpaired) electrons. The van der Waals surface area contributed by atoms with Gasteiger partial charge in [-0.1, -0.05) is 0 Å². The maximum Gasteiger partial charge on any atom is 0.463 e. The van der Waals surface area contributed by atoms with E-state index in [9.17, 15) is 35.2 Å². The van der Waals surface area contributed by atoms with Gasteiger partial charge < -0.3 is 4.90 Å². The van der Waals surface area contributed by atoms with Crippen LogP contribution in [-0.4, -0.2) is 49.7 Å². The number of hydrogen-bond acceptors (Lipinski definition) is 3. The number of carbonyl (C=O) groups is 1. The van der Waals surface area contributed by atoms with Gasteiger partial charge >= 0.3 is 18.0 Å². The number of primary sulfonamides is 1. The van der Waals surface area contributed by atoms with Gasteiger partial charge in [-0.2, -0.15) is 22.0 Å². The molecule has 1 atom stereocenters. The van der Waals surface area contributed by atoms with Crippen LogP contribution in [0.25, 0.3) is 0 Å². The van der Waals surface area contributed by atoms with E-state index in [0.29, 0.717) is 0 Å². The molecule has 0 aromatic rings. The summed E-state index contributed by atoms with van der Waals surface area (Å²) in [7, 11) is -4.09. The van der Waals surface area contributed by atoms with Crippen LogP contribution in [0.2, 0.25) is 0 Å². The predicted octanol–water partition coefficient (Wildman–Crippen LogP) is 0.464. The van der Waals surface area contributed by atoms with E-state index in [1.807, 2.05) is 0 Å². The van der Waals surface area contributed by atoms with E-state index in [0.717, 1.165) is 0 Å². The largest absolute Gasteiger partial charge is 0.463 e. The fraction of sp³-hybridized carbons (Fsp3) is 0.875. The van der Waals surface area contributed by atoms with Crippen LogP contribution in [0.1, 0.15) is 12.8 Å². The summed E-state index contributed by atoms with van der Waals surface area (Å²) in [5.41, 5.74) is 0. The fourth-order valence-corrected chi connectivity index (χ4v) is 2.59. The predicted molar refractivity (Wildman–Crippen MR) is 53.7 cm³/mol. The molecular formula is C8H11F5N2O3S. The van der Waals surface area contributed by atoms with Crippen molar-refractivity contribution >= 4 is 15.9 Å². The Balaban J connectivity index is 2.90. The molecular weight excluding hydrogens is 299 g/mol. The molecule has 5 nitrogen and oxygen atoms in total. The average molecular weight is 310 g/mol. The second-order valence-corrected chi connectivity index (χ2v) is 6.02. The van der Waals surface area contributed by atoms with Crippen LogP contribution in [0.5, 0.6) is 0 Å². The highest BCUT2D eigenvalue weighted by Gasteiger charge is 2.64. The maximum absolute atomic E-state index is 12.8. The Morgan fingerprint density at radius 1 is 1.21 bits per heavy atom. The lowest BCUT2D eigenvalue weighted by atomic mass is 10.1. The van der Waals surface area contributed by atoms with E-state index in [4.69, 9.17) is 5.14 Å². The van der Waals surface area contributed by atoms with E-state index < -0.39 is 39.8 Å². The van der Waals surface area contributed by atoms with E-state index in [1.165, 1.54) is 0 Å². The zero-order valence-corrected chi connectivity index (χ0v) is 10.3. The van der Waals surface area contributed by atoms with Gasteiger partial charge in [0.05, 0.1) is 5.25 Å². The summed E-state index contributed by atoms with van der Waals surface area (Å²) < 4.78 is 83.8. The third-order valence-electron chi connectivity index (χ3n) is 2.75. The Morgan fingerprint density at radius 2 is 1.74 bits per heavy atom. The van der Waals surface area contributed by atoms with E-state index >= 15 is 0 Å². The maximum atomic E-state index is 12.8. The molecule has 19 heavy (non-hydrogen) atoms. The second-order valence-electron chi connectivity index (χ2n) is 4.18. The average Bonchev–Trinajstić information content (AvgIpc) is 2.25. The van der Waals surface area contributed by atoms with E-state index in [2.05, 4.69) is 0 Å². The number of sulfonamides is 1. The molecule has 1 aliphatic rings. The van der Waals surface area contributed by atoms with Crippen LogP contribution in [0.3, 0.4) is 0 Å². The molecule has 0 saturated carbocycles. The molecule has 1 fully saturated rings. The lowest BCUT2D eigenvalue weighted by Gasteiger charge is -2.34. The smallest absolute Gasteiger partial charge is 0.336 e. The molecule has 112 valence electrons. The zero-order valence-electron chi connectivity index (χ0n) is 9.45. The van der Waals surface area contributed by atoms with Crippen molar-refractivity contribution in [2.45, 2.75) is 30.2 Å². The molecule has 1 saturated heterocycles. The van der Waals surface area contributed by atoms with Crippen molar-refractivity contribution in [3.05, 3.63) is 0 Å². The van der Waals surface area contributed by atoms with Crippen LogP contribution in [0, 0.1) is 0 Å². The van der Waals surface area contributed by atoms with Gasteiger partial charge in [-0.15, -0.1) is 0 Å². The lowest BCUT2D eigenvalue weighted by molar-refractivity contribution is -0.274. The number of halogens is 5. The molecule has 1 unspecified atom stereocenters. The Kier molecular flexibility index (Phi) is 4.11. The summed E-state index contributed by atoms with van der Waals surface area (Å²) in [6.07, 6.45) is -6.01. The van der Waals surface area contributed by atoms with Crippen LogP contribution in [0.15, 0.2) is 0 Å². The first kappa shape index (κ1) is 16.1. The monoisotopic (exact) mass is 310 g/mol. The SMILES string of the molecule is NS(=O)(=O)C1CCCN(C(=O)C(F)(F)C(F)(F)F)C1. The summed E-state index contributed by atoms with van der Waals surface area (Å²) in [5, 5.41) is 3.47. The summed E-state index contributed by atoms with van der Waals surface area (Å²) in [4.78, 5) is 11.3. The molecule has 11 heteroatoms.